The standard InChI is InChI=1S/C16H16FN/c1-13(11-14-7-3-2-4-8-14)18-12-15-9-5-6-10-16(15)17/h2-10,12-13H,11H2,1H3. The lowest BCUT2D eigenvalue weighted by Crippen LogP contribution is -2.03. The first-order valence-corrected chi connectivity index (χ1v) is 6.07. The summed E-state index contributed by atoms with van der Waals surface area (Å²) >= 11 is 0. The molecule has 0 radical (unpaired) electrons. The van der Waals surface area contributed by atoms with E-state index in [2.05, 4.69) is 17.1 Å². The minimum atomic E-state index is -0.229. The Bertz CT molecular complexity index is 520. The highest BCUT2D eigenvalue weighted by Crippen LogP contribution is 2.07. The van der Waals surface area contributed by atoms with E-state index < -0.39 is 0 Å². The van der Waals surface area contributed by atoms with Gasteiger partial charge in [0.05, 0.1) is 6.04 Å². The molecule has 2 aromatic carbocycles. The molecular weight excluding hydrogens is 225 g/mol. The number of aliphatic imine (C=N–C) groups is 1. The molecule has 0 N–H and O–H groups in total. The van der Waals surface area contributed by atoms with Gasteiger partial charge in [-0.3, -0.25) is 4.99 Å². The maximum Gasteiger partial charge on any atom is 0.131 e. The lowest BCUT2D eigenvalue weighted by Gasteiger charge is -2.06. The first kappa shape index (κ1) is 12.5. The summed E-state index contributed by atoms with van der Waals surface area (Å²) in [6.07, 6.45) is 2.48. The van der Waals surface area contributed by atoms with Gasteiger partial charge in [0.15, 0.2) is 0 Å². The van der Waals surface area contributed by atoms with E-state index in [9.17, 15) is 4.39 Å². The third kappa shape index (κ3) is 3.52. The molecule has 18 heavy (non-hydrogen) atoms. The van der Waals surface area contributed by atoms with Gasteiger partial charge in [0.2, 0.25) is 0 Å². The van der Waals surface area contributed by atoms with E-state index in [4.69, 9.17) is 0 Å². The van der Waals surface area contributed by atoms with E-state index >= 15 is 0 Å². The Morgan fingerprint density at radius 1 is 1.06 bits per heavy atom. The smallest absolute Gasteiger partial charge is 0.131 e. The van der Waals surface area contributed by atoms with E-state index in [1.54, 1.807) is 18.3 Å². The van der Waals surface area contributed by atoms with Gasteiger partial charge in [-0.05, 0) is 25.0 Å². The Hall–Kier alpha value is -1.96. The van der Waals surface area contributed by atoms with Crippen molar-refractivity contribution in [2.24, 2.45) is 4.99 Å². The fraction of sp³-hybridized carbons (Fsp3) is 0.188. The molecule has 0 aliphatic rings. The predicted molar refractivity (Wildman–Crippen MR) is 73.6 cm³/mol. The van der Waals surface area contributed by atoms with Crippen LogP contribution < -0.4 is 0 Å². The Labute approximate surface area is 107 Å². The van der Waals surface area contributed by atoms with Crippen molar-refractivity contribution in [1.82, 2.24) is 0 Å². The predicted octanol–water partition coefficient (Wildman–Crippen LogP) is 3.88. The Morgan fingerprint density at radius 3 is 2.44 bits per heavy atom. The van der Waals surface area contributed by atoms with Gasteiger partial charge in [-0.15, -0.1) is 0 Å². The second-order valence-electron chi connectivity index (χ2n) is 4.34. The molecule has 0 saturated heterocycles. The fourth-order valence-corrected chi connectivity index (χ4v) is 1.80. The van der Waals surface area contributed by atoms with Crippen LogP contribution >= 0.6 is 0 Å². The largest absolute Gasteiger partial charge is 0.289 e. The first-order valence-electron chi connectivity index (χ1n) is 6.07. The van der Waals surface area contributed by atoms with Crippen LogP contribution in [0.25, 0.3) is 0 Å². The molecule has 0 fully saturated rings. The first-order chi connectivity index (χ1) is 8.75. The van der Waals surface area contributed by atoms with E-state index in [1.165, 1.54) is 11.6 Å². The highest BCUT2D eigenvalue weighted by atomic mass is 19.1. The zero-order valence-electron chi connectivity index (χ0n) is 10.4. The molecule has 0 amide bonds. The molecule has 2 heteroatoms. The van der Waals surface area contributed by atoms with Crippen molar-refractivity contribution in [3.05, 3.63) is 71.5 Å². The molecule has 0 bridgehead atoms. The summed E-state index contributed by atoms with van der Waals surface area (Å²) in [4.78, 5) is 4.39. The van der Waals surface area contributed by atoms with Crippen LogP contribution in [0.15, 0.2) is 59.6 Å². The van der Waals surface area contributed by atoms with Crippen LogP contribution in [0, 0.1) is 5.82 Å². The molecule has 0 aliphatic carbocycles. The van der Waals surface area contributed by atoms with Gasteiger partial charge >= 0.3 is 0 Å². The number of nitrogens with zero attached hydrogens (tertiary/aromatic N) is 1. The molecule has 0 saturated carbocycles. The maximum atomic E-state index is 13.4. The van der Waals surface area contributed by atoms with Crippen molar-refractivity contribution in [1.29, 1.82) is 0 Å². The van der Waals surface area contributed by atoms with Crippen molar-refractivity contribution in [2.45, 2.75) is 19.4 Å². The van der Waals surface area contributed by atoms with Crippen molar-refractivity contribution < 1.29 is 4.39 Å². The summed E-state index contributed by atoms with van der Waals surface area (Å²) in [5, 5.41) is 0. The van der Waals surface area contributed by atoms with E-state index in [0.29, 0.717) is 5.56 Å². The molecular formula is C16H16FN. The molecule has 2 rings (SSSR count). The lowest BCUT2D eigenvalue weighted by atomic mass is 10.1. The van der Waals surface area contributed by atoms with Crippen LogP contribution in [-0.4, -0.2) is 12.3 Å². The van der Waals surface area contributed by atoms with Crippen LogP contribution in [-0.2, 0) is 6.42 Å². The molecule has 2 aromatic rings. The summed E-state index contributed by atoms with van der Waals surface area (Å²) in [7, 11) is 0. The van der Waals surface area contributed by atoms with E-state index in [0.717, 1.165) is 6.42 Å². The summed E-state index contributed by atoms with van der Waals surface area (Å²) in [6, 6.07) is 17.0. The topological polar surface area (TPSA) is 12.4 Å². The van der Waals surface area contributed by atoms with Gasteiger partial charge < -0.3 is 0 Å². The molecule has 92 valence electrons. The van der Waals surface area contributed by atoms with Gasteiger partial charge in [0.25, 0.3) is 0 Å². The highest BCUT2D eigenvalue weighted by Gasteiger charge is 2.01. The zero-order valence-corrected chi connectivity index (χ0v) is 10.4. The minimum absolute atomic E-state index is 0.145. The Kier molecular flexibility index (Phi) is 4.24. The number of hydrogen-bond donors (Lipinski definition) is 0. The average Bonchev–Trinajstić information content (AvgIpc) is 2.39. The lowest BCUT2D eigenvalue weighted by molar-refractivity contribution is 0.625. The van der Waals surface area contributed by atoms with Crippen molar-refractivity contribution >= 4 is 6.21 Å². The number of halogens is 1. The molecule has 0 aliphatic heterocycles. The minimum Gasteiger partial charge on any atom is -0.289 e. The second-order valence-corrected chi connectivity index (χ2v) is 4.34. The van der Waals surface area contributed by atoms with Crippen molar-refractivity contribution in [2.75, 3.05) is 0 Å². The van der Waals surface area contributed by atoms with E-state index in [-0.39, 0.29) is 11.9 Å². The van der Waals surface area contributed by atoms with Crippen LogP contribution in [0.1, 0.15) is 18.1 Å². The normalized spacial score (nSPS) is 12.8. The number of rotatable bonds is 4. The summed E-state index contributed by atoms with van der Waals surface area (Å²) < 4.78 is 13.4. The molecule has 1 atom stereocenters. The monoisotopic (exact) mass is 241 g/mol. The van der Waals surface area contributed by atoms with Crippen molar-refractivity contribution in [3.8, 4) is 0 Å². The number of hydrogen-bond acceptors (Lipinski definition) is 1. The van der Waals surface area contributed by atoms with Crippen LogP contribution in [0.2, 0.25) is 0 Å². The molecule has 0 spiro atoms. The average molecular weight is 241 g/mol. The number of benzene rings is 2. The highest BCUT2D eigenvalue weighted by molar-refractivity contribution is 5.79. The Morgan fingerprint density at radius 2 is 1.72 bits per heavy atom. The summed E-state index contributed by atoms with van der Waals surface area (Å²) in [6.45, 7) is 2.03. The van der Waals surface area contributed by atoms with Gasteiger partial charge in [0, 0.05) is 11.8 Å². The zero-order chi connectivity index (χ0) is 12.8. The molecule has 1 nitrogen and oxygen atoms in total. The summed E-state index contributed by atoms with van der Waals surface area (Å²) in [5.41, 5.74) is 1.79. The van der Waals surface area contributed by atoms with Gasteiger partial charge in [0.1, 0.15) is 5.82 Å². The van der Waals surface area contributed by atoms with E-state index in [1.807, 2.05) is 31.2 Å². The second kappa shape index (κ2) is 6.10. The quantitative estimate of drug-likeness (QED) is 0.720. The molecule has 0 aromatic heterocycles. The molecule has 1 unspecified atom stereocenters. The van der Waals surface area contributed by atoms with Gasteiger partial charge in [-0.1, -0.05) is 48.5 Å². The van der Waals surface area contributed by atoms with Gasteiger partial charge in [-0.25, -0.2) is 4.39 Å². The Balaban J connectivity index is 1.99. The van der Waals surface area contributed by atoms with Crippen LogP contribution in [0.4, 0.5) is 4.39 Å². The van der Waals surface area contributed by atoms with Crippen molar-refractivity contribution in [3.63, 3.8) is 0 Å². The van der Waals surface area contributed by atoms with Crippen LogP contribution in [0.3, 0.4) is 0 Å². The van der Waals surface area contributed by atoms with Gasteiger partial charge in [-0.2, -0.15) is 0 Å². The maximum absolute atomic E-state index is 13.4. The van der Waals surface area contributed by atoms with Crippen LogP contribution in [0.5, 0.6) is 0 Å². The SMILES string of the molecule is CC(Cc1ccccc1)N=Cc1ccccc1F. The third-order valence-corrected chi connectivity index (χ3v) is 2.75. The molecule has 0 heterocycles. The summed E-state index contributed by atoms with van der Waals surface area (Å²) in [5.74, 6) is -0.229. The fourth-order valence-electron chi connectivity index (χ4n) is 1.80. The third-order valence-electron chi connectivity index (χ3n) is 2.75.